The number of nitriles is 1. The van der Waals surface area contributed by atoms with Crippen molar-refractivity contribution in [3.8, 4) is 6.07 Å². The highest BCUT2D eigenvalue weighted by atomic mass is 32.1. The molecular formula is C9H10N2OS. The van der Waals surface area contributed by atoms with Crippen LogP contribution >= 0.6 is 11.3 Å². The van der Waals surface area contributed by atoms with E-state index in [1.54, 1.807) is 0 Å². The van der Waals surface area contributed by atoms with Crippen LogP contribution in [0.2, 0.25) is 0 Å². The number of hydrogen-bond acceptors (Lipinski definition) is 4. The Kier molecular flexibility index (Phi) is 2.08. The van der Waals surface area contributed by atoms with Crippen LogP contribution in [0, 0.1) is 11.3 Å². The van der Waals surface area contributed by atoms with Gasteiger partial charge in [-0.3, -0.25) is 0 Å². The summed E-state index contributed by atoms with van der Waals surface area (Å²) in [7, 11) is 0. The number of aliphatic hydroxyl groups is 1. The Bertz CT molecular complexity index is 349. The SMILES string of the molecule is N#Cc1csc(CC2(O)CNC2)c1. The molecule has 0 aliphatic carbocycles. The van der Waals surface area contributed by atoms with E-state index in [-0.39, 0.29) is 0 Å². The zero-order valence-corrected chi connectivity index (χ0v) is 7.90. The molecule has 2 rings (SSSR count). The standard InChI is InChI=1S/C9H10N2OS/c10-3-7-1-8(13-4-7)2-9(12)5-11-6-9/h1,4,11-12H,2,5-6H2. The first-order chi connectivity index (χ1) is 6.22. The molecule has 0 spiro atoms. The fraction of sp³-hybridized carbons (Fsp3) is 0.444. The third-order valence-corrected chi connectivity index (χ3v) is 3.13. The molecule has 13 heavy (non-hydrogen) atoms. The first-order valence-corrected chi connectivity index (χ1v) is 5.00. The second kappa shape index (κ2) is 3.11. The van der Waals surface area contributed by atoms with Crippen LogP contribution in [0.15, 0.2) is 11.4 Å². The summed E-state index contributed by atoms with van der Waals surface area (Å²) in [5.41, 5.74) is 0.119. The number of nitrogens with one attached hydrogen (secondary N) is 1. The van der Waals surface area contributed by atoms with E-state index in [0.717, 1.165) is 4.88 Å². The maximum absolute atomic E-state index is 9.81. The Morgan fingerprint density at radius 1 is 1.69 bits per heavy atom. The Labute approximate surface area is 80.6 Å². The third kappa shape index (κ3) is 1.73. The molecule has 0 atom stereocenters. The van der Waals surface area contributed by atoms with Crippen LogP contribution in [0.5, 0.6) is 0 Å². The Morgan fingerprint density at radius 2 is 2.46 bits per heavy atom. The number of rotatable bonds is 2. The number of thiophene rings is 1. The second-order valence-electron chi connectivity index (χ2n) is 3.42. The number of nitrogens with zero attached hydrogens (tertiary/aromatic N) is 1. The molecule has 1 aromatic rings. The van der Waals surface area contributed by atoms with Gasteiger partial charge >= 0.3 is 0 Å². The summed E-state index contributed by atoms with van der Waals surface area (Å²) in [6.45, 7) is 1.32. The van der Waals surface area contributed by atoms with Crippen molar-refractivity contribution in [2.24, 2.45) is 0 Å². The molecule has 1 aliphatic rings. The van der Waals surface area contributed by atoms with E-state index >= 15 is 0 Å². The lowest BCUT2D eigenvalue weighted by atomic mass is 9.92. The van der Waals surface area contributed by atoms with Gasteiger partial charge in [-0.1, -0.05) is 0 Å². The summed E-state index contributed by atoms with van der Waals surface area (Å²) in [6.07, 6.45) is 0.659. The van der Waals surface area contributed by atoms with Gasteiger partial charge in [-0.05, 0) is 6.07 Å². The van der Waals surface area contributed by atoms with Gasteiger partial charge in [0.05, 0.1) is 11.2 Å². The van der Waals surface area contributed by atoms with Crippen molar-refractivity contribution in [2.75, 3.05) is 13.1 Å². The largest absolute Gasteiger partial charge is 0.387 e. The fourth-order valence-corrected chi connectivity index (χ4v) is 2.34. The Hall–Kier alpha value is -0.890. The van der Waals surface area contributed by atoms with E-state index in [4.69, 9.17) is 5.26 Å². The molecule has 2 N–H and O–H groups in total. The van der Waals surface area contributed by atoms with Crippen LogP contribution in [0.1, 0.15) is 10.4 Å². The average Bonchev–Trinajstić information content (AvgIpc) is 2.49. The molecule has 0 radical (unpaired) electrons. The highest BCUT2D eigenvalue weighted by molar-refractivity contribution is 7.10. The van der Waals surface area contributed by atoms with Crippen molar-refractivity contribution >= 4 is 11.3 Å². The highest BCUT2D eigenvalue weighted by Crippen LogP contribution is 2.22. The highest BCUT2D eigenvalue weighted by Gasteiger charge is 2.34. The fourth-order valence-electron chi connectivity index (χ4n) is 1.39. The van der Waals surface area contributed by atoms with Crippen molar-refractivity contribution in [1.29, 1.82) is 5.26 Å². The Balaban J connectivity index is 2.06. The Morgan fingerprint density at radius 3 is 2.92 bits per heavy atom. The van der Waals surface area contributed by atoms with E-state index in [9.17, 15) is 5.11 Å². The van der Waals surface area contributed by atoms with Gasteiger partial charge in [0.1, 0.15) is 6.07 Å². The first kappa shape index (κ1) is 8.70. The second-order valence-corrected chi connectivity index (χ2v) is 4.41. The van der Waals surface area contributed by atoms with Gasteiger partial charge in [-0.25, -0.2) is 0 Å². The molecule has 1 aromatic heterocycles. The normalized spacial score (nSPS) is 19.1. The lowest BCUT2D eigenvalue weighted by molar-refractivity contribution is -0.00833. The van der Waals surface area contributed by atoms with Gasteiger partial charge in [0, 0.05) is 29.8 Å². The zero-order chi connectivity index (χ0) is 9.31. The minimum absolute atomic E-state index is 0.572. The monoisotopic (exact) mass is 194 g/mol. The van der Waals surface area contributed by atoms with Crippen molar-refractivity contribution in [1.82, 2.24) is 5.32 Å². The van der Waals surface area contributed by atoms with E-state index in [1.165, 1.54) is 11.3 Å². The molecule has 1 fully saturated rings. The molecule has 0 bridgehead atoms. The number of hydrogen-bond donors (Lipinski definition) is 2. The maximum Gasteiger partial charge on any atom is 0.100 e. The van der Waals surface area contributed by atoms with Crippen LogP contribution < -0.4 is 5.32 Å². The molecule has 1 saturated heterocycles. The van der Waals surface area contributed by atoms with E-state index in [2.05, 4.69) is 11.4 Å². The summed E-state index contributed by atoms with van der Waals surface area (Å²) in [4.78, 5) is 1.08. The topological polar surface area (TPSA) is 56.0 Å². The molecular weight excluding hydrogens is 184 g/mol. The van der Waals surface area contributed by atoms with Gasteiger partial charge in [0.25, 0.3) is 0 Å². The van der Waals surface area contributed by atoms with Crippen LogP contribution in [0.25, 0.3) is 0 Å². The molecule has 68 valence electrons. The molecule has 3 nitrogen and oxygen atoms in total. The van der Waals surface area contributed by atoms with Crippen LogP contribution in [-0.4, -0.2) is 23.8 Å². The molecule has 2 heterocycles. The molecule has 0 unspecified atom stereocenters. The number of β-amino-alcohol motifs (C(OH)–C–C–N with tert-alkyl or cyclic N) is 1. The summed E-state index contributed by atoms with van der Waals surface area (Å²) in [5.74, 6) is 0. The zero-order valence-electron chi connectivity index (χ0n) is 7.08. The molecule has 0 amide bonds. The van der Waals surface area contributed by atoms with E-state index in [1.807, 2.05) is 11.4 Å². The quantitative estimate of drug-likeness (QED) is 0.720. The van der Waals surface area contributed by atoms with Crippen molar-refractivity contribution in [3.63, 3.8) is 0 Å². The van der Waals surface area contributed by atoms with Crippen LogP contribution in [-0.2, 0) is 6.42 Å². The third-order valence-electron chi connectivity index (χ3n) is 2.19. The minimum Gasteiger partial charge on any atom is -0.387 e. The van der Waals surface area contributed by atoms with Crippen molar-refractivity contribution in [2.45, 2.75) is 12.0 Å². The van der Waals surface area contributed by atoms with Crippen LogP contribution in [0.3, 0.4) is 0 Å². The van der Waals surface area contributed by atoms with E-state index in [0.29, 0.717) is 25.1 Å². The van der Waals surface area contributed by atoms with Crippen molar-refractivity contribution in [3.05, 3.63) is 21.9 Å². The van der Waals surface area contributed by atoms with Gasteiger partial charge in [-0.2, -0.15) is 5.26 Å². The lowest BCUT2D eigenvalue weighted by Crippen LogP contribution is -2.60. The van der Waals surface area contributed by atoms with Gasteiger partial charge in [0.15, 0.2) is 0 Å². The molecule has 0 saturated carbocycles. The summed E-state index contributed by atoms with van der Waals surface area (Å²) >= 11 is 1.54. The summed E-state index contributed by atoms with van der Waals surface area (Å²) < 4.78 is 0. The van der Waals surface area contributed by atoms with Gasteiger partial charge in [0.2, 0.25) is 0 Å². The molecule has 1 aliphatic heterocycles. The smallest absolute Gasteiger partial charge is 0.100 e. The average molecular weight is 194 g/mol. The first-order valence-electron chi connectivity index (χ1n) is 4.12. The predicted octanol–water partition coefficient (Wildman–Crippen LogP) is 0.497. The van der Waals surface area contributed by atoms with Crippen molar-refractivity contribution < 1.29 is 5.11 Å². The maximum atomic E-state index is 9.81. The minimum atomic E-state index is -0.572. The summed E-state index contributed by atoms with van der Waals surface area (Å²) in [5, 5.41) is 23.3. The lowest BCUT2D eigenvalue weighted by Gasteiger charge is -2.37. The van der Waals surface area contributed by atoms with E-state index < -0.39 is 5.60 Å². The van der Waals surface area contributed by atoms with Gasteiger partial charge < -0.3 is 10.4 Å². The molecule has 0 aromatic carbocycles. The molecule has 4 heteroatoms. The predicted molar refractivity (Wildman–Crippen MR) is 50.6 cm³/mol. The summed E-state index contributed by atoms with van der Waals surface area (Å²) in [6, 6.07) is 3.93. The van der Waals surface area contributed by atoms with Crippen LogP contribution in [0.4, 0.5) is 0 Å². The van der Waals surface area contributed by atoms with Gasteiger partial charge in [-0.15, -0.1) is 11.3 Å².